The highest BCUT2D eigenvalue weighted by Crippen LogP contribution is 2.41. The van der Waals surface area contributed by atoms with Crippen molar-refractivity contribution in [2.24, 2.45) is 11.3 Å². The van der Waals surface area contributed by atoms with Crippen LogP contribution in [-0.2, 0) is 22.8 Å². The molecule has 0 saturated heterocycles. The van der Waals surface area contributed by atoms with E-state index in [4.69, 9.17) is 11.6 Å². The normalized spacial score (nSPS) is 19.2. The Balaban J connectivity index is 1.76. The molecule has 1 N–H and O–H groups in total. The number of rotatable bonds is 8. The monoisotopic (exact) mass is 561 g/mol. The Kier molecular flexibility index (Phi) is 8.74. The maximum Gasteiger partial charge on any atom is 0.394 e. The van der Waals surface area contributed by atoms with Crippen molar-refractivity contribution in [3.63, 3.8) is 0 Å². The molecular formula is C26H35ClF3N3O3S. The Bertz CT molecular complexity index is 1250. The van der Waals surface area contributed by atoms with E-state index in [1.165, 1.54) is 20.1 Å². The molecule has 0 spiro atoms. The number of sulfone groups is 1. The zero-order valence-corrected chi connectivity index (χ0v) is 23.4. The first-order chi connectivity index (χ1) is 17.0. The minimum absolute atomic E-state index is 0.0880. The van der Waals surface area contributed by atoms with Crippen LogP contribution in [0.1, 0.15) is 68.1 Å². The zero-order valence-electron chi connectivity index (χ0n) is 21.9. The van der Waals surface area contributed by atoms with Gasteiger partial charge in [-0.3, -0.25) is 9.48 Å². The average molecular weight is 562 g/mol. The van der Waals surface area contributed by atoms with Gasteiger partial charge in [-0.1, -0.05) is 43.6 Å². The predicted octanol–water partition coefficient (Wildman–Crippen LogP) is 6.00. The molecule has 1 amide bonds. The van der Waals surface area contributed by atoms with E-state index in [1.807, 2.05) is 6.92 Å². The third-order valence-electron chi connectivity index (χ3n) is 7.32. The summed E-state index contributed by atoms with van der Waals surface area (Å²) in [5.41, 5.74) is 0.768. The van der Waals surface area contributed by atoms with Crippen LogP contribution in [0.4, 0.5) is 13.2 Å². The Labute approximate surface area is 221 Å². The van der Waals surface area contributed by atoms with Gasteiger partial charge in [0.25, 0.3) is 5.91 Å². The first-order valence-corrected chi connectivity index (χ1v) is 14.8. The van der Waals surface area contributed by atoms with Crippen LogP contribution < -0.4 is 5.32 Å². The molecule has 0 unspecified atom stereocenters. The van der Waals surface area contributed by atoms with E-state index in [-0.39, 0.29) is 28.3 Å². The molecule has 0 aliphatic heterocycles. The fraction of sp³-hybridized carbons (Fsp3) is 0.615. The molecule has 1 aromatic heterocycles. The Morgan fingerprint density at radius 2 is 1.81 bits per heavy atom. The SMILES string of the molecule is CCn1nc(C(=O)NCC2CCC(S(C)(=O)=O)CC2)c(Cl)c1-c1ccc(CC(C)(C)C(F)(F)F)cc1C. The fourth-order valence-electron chi connectivity index (χ4n) is 4.87. The van der Waals surface area contributed by atoms with Gasteiger partial charge in [-0.05, 0) is 63.0 Å². The lowest BCUT2D eigenvalue weighted by Crippen LogP contribution is -2.34. The largest absolute Gasteiger partial charge is 0.394 e. The number of amides is 1. The van der Waals surface area contributed by atoms with Crippen LogP contribution >= 0.6 is 11.6 Å². The Morgan fingerprint density at radius 3 is 2.32 bits per heavy atom. The molecule has 0 atom stereocenters. The van der Waals surface area contributed by atoms with E-state index in [2.05, 4.69) is 10.4 Å². The third-order valence-corrected chi connectivity index (χ3v) is 9.36. The van der Waals surface area contributed by atoms with Gasteiger partial charge < -0.3 is 5.32 Å². The number of carbonyl (C=O) groups is 1. The van der Waals surface area contributed by atoms with Crippen molar-refractivity contribution in [2.45, 2.75) is 77.8 Å². The van der Waals surface area contributed by atoms with E-state index in [1.54, 1.807) is 29.8 Å². The number of aryl methyl sites for hydroxylation is 2. The molecule has 3 rings (SSSR count). The molecule has 6 nitrogen and oxygen atoms in total. The van der Waals surface area contributed by atoms with Crippen molar-refractivity contribution in [1.29, 1.82) is 0 Å². The lowest BCUT2D eigenvalue weighted by atomic mass is 9.84. The molecule has 2 aromatic rings. The second kappa shape index (κ2) is 11.0. The van der Waals surface area contributed by atoms with Gasteiger partial charge in [0.1, 0.15) is 9.84 Å². The van der Waals surface area contributed by atoms with Crippen LogP contribution in [0.15, 0.2) is 18.2 Å². The minimum Gasteiger partial charge on any atom is -0.350 e. The first kappa shape index (κ1) is 29.5. The van der Waals surface area contributed by atoms with Gasteiger partial charge in [0.2, 0.25) is 0 Å². The topological polar surface area (TPSA) is 81.1 Å². The van der Waals surface area contributed by atoms with Crippen molar-refractivity contribution >= 4 is 27.3 Å². The second-order valence-electron chi connectivity index (χ2n) is 10.7. The molecule has 206 valence electrons. The standard InChI is InChI=1S/C26H35ClF3N3O3S/c1-6-33-23(20-12-9-18(13-16(20)2)14-25(3,4)26(28,29)30)21(27)22(32-33)24(34)31-15-17-7-10-19(11-8-17)37(5,35)36/h9,12-13,17,19H,6-8,10-11,14-15H2,1-5H3,(H,31,34). The number of alkyl halides is 3. The molecule has 0 radical (unpaired) electrons. The zero-order chi connectivity index (χ0) is 27.8. The van der Waals surface area contributed by atoms with Crippen LogP contribution in [0.3, 0.4) is 0 Å². The maximum absolute atomic E-state index is 13.3. The van der Waals surface area contributed by atoms with Gasteiger partial charge in [-0.25, -0.2) is 8.42 Å². The number of aromatic nitrogens is 2. The highest BCUT2D eigenvalue weighted by Gasteiger charge is 2.47. The van der Waals surface area contributed by atoms with Crippen molar-refractivity contribution in [3.8, 4) is 11.3 Å². The van der Waals surface area contributed by atoms with Gasteiger partial charge in [0.15, 0.2) is 5.69 Å². The fourth-order valence-corrected chi connectivity index (χ4v) is 6.32. The molecule has 1 aliphatic carbocycles. The number of nitrogens with one attached hydrogen (secondary N) is 1. The van der Waals surface area contributed by atoms with Gasteiger partial charge in [-0.2, -0.15) is 18.3 Å². The minimum atomic E-state index is -4.32. The number of hydrogen-bond donors (Lipinski definition) is 1. The maximum atomic E-state index is 13.3. The van der Waals surface area contributed by atoms with Crippen LogP contribution in [-0.4, -0.2) is 48.3 Å². The summed E-state index contributed by atoms with van der Waals surface area (Å²) in [4.78, 5) is 13.0. The van der Waals surface area contributed by atoms with Gasteiger partial charge in [0, 0.05) is 24.9 Å². The highest BCUT2D eigenvalue weighted by molar-refractivity contribution is 7.91. The molecular weight excluding hydrogens is 527 g/mol. The van der Waals surface area contributed by atoms with Crippen LogP contribution in [0, 0.1) is 18.3 Å². The Morgan fingerprint density at radius 1 is 1.19 bits per heavy atom. The average Bonchev–Trinajstić information content (AvgIpc) is 3.12. The molecule has 11 heteroatoms. The molecule has 1 fully saturated rings. The number of halogens is 4. The summed E-state index contributed by atoms with van der Waals surface area (Å²) < 4.78 is 65.2. The molecule has 1 aliphatic rings. The molecule has 1 heterocycles. The summed E-state index contributed by atoms with van der Waals surface area (Å²) in [5.74, 6) is -0.228. The van der Waals surface area contributed by atoms with Crippen LogP contribution in [0.25, 0.3) is 11.3 Å². The summed E-state index contributed by atoms with van der Waals surface area (Å²) in [6, 6.07) is 5.11. The predicted molar refractivity (Wildman–Crippen MR) is 140 cm³/mol. The number of hydrogen-bond acceptors (Lipinski definition) is 4. The lowest BCUT2D eigenvalue weighted by molar-refractivity contribution is -0.211. The van der Waals surface area contributed by atoms with E-state index in [0.717, 1.165) is 18.4 Å². The number of nitrogens with zero attached hydrogens (tertiary/aromatic N) is 2. The van der Waals surface area contributed by atoms with Crippen molar-refractivity contribution < 1.29 is 26.4 Å². The smallest absolute Gasteiger partial charge is 0.350 e. The first-order valence-electron chi connectivity index (χ1n) is 12.4. The van der Waals surface area contributed by atoms with Crippen LogP contribution in [0.5, 0.6) is 0 Å². The van der Waals surface area contributed by atoms with Crippen LogP contribution in [0.2, 0.25) is 5.02 Å². The molecule has 37 heavy (non-hydrogen) atoms. The molecule has 1 aromatic carbocycles. The van der Waals surface area contributed by atoms with Crippen molar-refractivity contribution in [1.82, 2.24) is 15.1 Å². The van der Waals surface area contributed by atoms with Gasteiger partial charge >= 0.3 is 6.18 Å². The van der Waals surface area contributed by atoms with Gasteiger partial charge in [-0.15, -0.1) is 0 Å². The summed E-state index contributed by atoms with van der Waals surface area (Å²) in [7, 11) is -3.05. The lowest BCUT2D eigenvalue weighted by Gasteiger charge is -2.28. The summed E-state index contributed by atoms with van der Waals surface area (Å²) >= 11 is 6.65. The number of benzene rings is 1. The molecule has 1 saturated carbocycles. The van der Waals surface area contributed by atoms with E-state index in [9.17, 15) is 26.4 Å². The highest BCUT2D eigenvalue weighted by atomic mass is 35.5. The summed E-state index contributed by atoms with van der Waals surface area (Å²) in [5, 5.41) is 7.17. The number of carbonyl (C=O) groups excluding carboxylic acids is 1. The van der Waals surface area contributed by atoms with Crippen molar-refractivity contribution in [2.75, 3.05) is 12.8 Å². The molecule has 0 bridgehead atoms. The Hall–Kier alpha value is -2.07. The summed E-state index contributed by atoms with van der Waals surface area (Å²) in [6.45, 7) is 6.88. The summed E-state index contributed by atoms with van der Waals surface area (Å²) in [6.07, 6.45) is -0.596. The second-order valence-corrected chi connectivity index (χ2v) is 13.4. The van der Waals surface area contributed by atoms with E-state index >= 15 is 0 Å². The van der Waals surface area contributed by atoms with E-state index in [0.29, 0.717) is 42.8 Å². The third kappa shape index (κ3) is 6.69. The van der Waals surface area contributed by atoms with Gasteiger partial charge in [0.05, 0.1) is 21.4 Å². The van der Waals surface area contributed by atoms with Crippen molar-refractivity contribution in [3.05, 3.63) is 40.0 Å². The quantitative estimate of drug-likeness (QED) is 0.429. The van der Waals surface area contributed by atoms with E-state index < -0.39 is 27.3 Å².